The second-order valence-electron chi connectivity index (χ2n) is 7.12. The number of carbonyl (C=O) groups excluding carboxylic acids is 2. The van der Waals surface area contributed by atoms with Crippen molar-refractivity contribution in [3.63, 3.8) is 0 Å². The molecular weight excluding hydrogens is 440 g/mol. The van der Waals surface area contributed by atoms with E-state index in [2.05, 4.69) is 35.1 Å². The number of rotatable bonds is 7. The van der Waals surface area contributed by atoms with Gasteiger partial charge in [0, 0.05) is 4.88 Å². The number of nitrogens with one attached hydrogen (secondary N) is 1. The van der Waals surface area contributed by atoms with Crippen LogP contribution in [-0.2, 0) is 17.6 Å². The van der Waals surface area contributed by atoms with E-state index in [1.54, 1.807) is 0 Å². The quantitative estimate of drug-likeness (QED) is 0.603. The fourth-order valence-corrected chi connectivity index (χ4v) is 5.22. The Morgan fingerprint density at radius 2 is 2.07 bits per heavy atom. The molecule has 0 saturated carbocycles. The van der Waals surface area contributed by atoms with E-state index < -0.39 is 5.91 Å². The highest BCUT2D eigenvalue weighted by molar-refractivity contribution is 9.10. The maximum Gasteiger partial charge on any atom is 0.262 e. The van der Waals surface area contributed by atoms with Gasteiger partial charge < -0.3 is 15.8 Å². The lowest BCUT2D eigenvalue weighted by Gasteiger charge is -2.13. The molecule has 3 rings (SSSR count). The van der Waals surface area contributed by atoms with Crippen molar-refractivity contribution < 1.29 is 14.3 Å². The molecule has 1 aromatic carbocycles. The van der Waals surface area contributed by atoms with Gasteiger partial charge in [0.25, 0.3) is 11.8 Å². The van der Waals surface area contributed by atoms with Crippen LogP contribution in [0.3, 0.4) is 0 Å². The predicted octanol–water partition coefficient (Wildman–Crippen LogP) is 5.02. The van der Waals surface area contributed by atoms with Crippen molar-refractivity contribution in [2.24, 2.45) is 5.73 Å². The predicted molar refractivity (Wildman–Crippen MR) is 116 cm³/mol. The summed E-state index contributed by atoms with van der Waals surface area (Å²) in [5, 5.41) is 3.36. The molecule has 0 saturated heterocycles. The Bertz CT molecular complexity index is 894. The van der Waals surface area contributed by atoms with Gasteiger partial charge in [-0.3, -0.25) is 9.59 Å². The molecule has 150 valence electrons. The first-order valence-corrected chi connectivity index (χ1v) is 11.2. The van der Waals surface area contributed by atoms with Crippen molar-refractivity contribution in [1.82, 2.24) is 0 Å². The third kappa shape index (κ3) is 4.58. The van der Waals surface area contributed by atoms with Gasteiger partial charge >= 0.3 is 0 Å². The smallest absolute Gasteiger partial charge is 0.262 e. The number of primary amides is 1. The highest BCUT2D eigenvalue weighted by Crippen LogP contribution is 2.38. The Morgan fingerprint density at radius 3 is 2.75 bits per heavy atom. The van der Waals surface area contributed by atoms with E-state index in [0.717, 1.165) is 47.0 Å². The minimum Gasteiger partial charge on any atom is -0.483 e. The molecule has 5 nitrogen and oxygen atoms in total. The first-order chi connectivity index (χ1) is 13.4. The molecule has 1 heterocycles. The number of thiophene rings is 1. The van der Waals surface area contributed by atoms with Crippen LogP contribution < -0.4 is 15.8 Å². The van der Waals surface area contributed by atoms with Crippen molar-refractivity contribution in [1.29, 1.82) is 0 Å². The van der Waals surface area contributed by atoms with Crippen LogP contribution in [0.1, 0.15) is 65.4 Å². The Morgan fingerprint density at radius 1 is 1.32 bits per heavy atom. The van der Waals surface area contributed by atoms with Gasteiger partial charge in [0.15, 0.2) is 6.61 Å². The summed E-state index contributed by atoms with van der Waals surface area (Å²) in [6.45, 7) is 4.19. The SMILES string of the molecule is CCC(C)c1ccc(OCC(=O)Nc2sc3c(c2C(N)=O)CCCC3)c(Br)c1. The molecule has 2 amide bonds. The van der Waals surface area contributed by atoms with Crippen molar-refractivity contribution in [2.45, 2.75) is 51.9 Å². The van der Waals surface area contributed by atoms with E-state index in [4.69, 9.17) is 10.5 Å². The monoisotopic (exact) mass is 464 g/mol. The molecule has 0 aliphatic heterocycles. The number of hydrogen-bond donors (Lipinski definition) is 2. The number of ether oxygens (including phenoxy) is 1. The van der Waals surface area contributed by atoms with E-state index >= 15 is 0 Å². The van der Waals surface area contributed by atoms with E-state index in [1.807, 2.05) is 18.2 Å². The fraction of sp³-hybridized carbons (Fsp3) is 0.429. The van der Waals surface area contributed by atoms with Crippen LogP contribution in [-0.4, -0.2) is 18.4 Å². The van der Waals surface area contributed by atoms with Crippen LogP contribution >= 0.6 is 27.3 Å². The Labute approximate surface area is 177 Å². The van der Waals surface area contributed by atoms with Crippen molar-refractivity contribution in [3.05, 3.63) is 44.2 Å². The Kier molecular flexibility index (Phi) is 6.78. The largest absolute Gasteiger partial charge is 0.483 e. The van der Waals surface area contributed by atoms with Gasteiger partial charge in [-0.15, -0.1) is 11.3 Å². The molecule has 28 heavy (non-hydrogen) atoms. The summed E-state index contributed by atoms with van der Waals surface area (Å²) in [4.78, 5) is 25.5. The molecule has 3 N–H and O–H groups in total. The summed E-state index contributed by atoms with van der Waals surface area (Å²) < 4.78 is 6.49. The number of benzene rings is 1. The molecule has 1 unspecified atom stereocenters. The van der Waals surface area contributed by atoms with Gasteiger partial charge in [-0.25, -0.2) is 0 Å². The van der Waals surface area contributed by atoms with E-state index in [0.29, 0.717) is 22.2 Å². The molecule has 2 aromatic rings. The summed E-state index contributed by atoms with van der Waals surface area (Å²) in [5.41, 5.74) is 8.26. The molecule has 0 fully saturated rings. The number of anilines is 1. The third-order valence-electron chi connectivity index (χ3n) is 5.17. The van der Waals surface area contributed by atoms with E-state index in [9.17, 15) is 9.59 Å². The van der Waals surface area contributed by atoms with Crippen LogP contribution in [0.25, 0.3) is 0 Å². The van der Waals surface area contributed by atoms with Crippen molar-refractivity contribution >= 4 is 44.1 Å². The van der Waals surface area contributed by atoms with Gasteiger partial charge in [0.1, 0.15) is 10.8 Å². The molecule has 1 atom stereocenters. The number of fused-ring (bicyclic) bond motifs is 1. The van der Waals surface area contributed by atoms with Gasteiger partial charge in [0.05, 0.1) is 10.0 Å². The second kappa shape index (κ2) is 9.09. The van der Waals surface area contributed by atoms with Crippen LogP contribution in [0, 0.1) is 0 Å². The van der Waals surface area contributed by atoms with E-state index in [1.165, 1.54) is 16.9 Å². The average Bonchev–Trinajstić information content (AvgIpc) is 3.04. The molecular formula is C21H25BrN2O3S. The molecule has 1 aromatic heterocycles. The fourth-order valence-electron chi connectivity index (χ4n) is 3.40. The highest BCUT2D eigenvalue weighted by Gasteiger charge is 2.25. The molecule has 1 aliphatic carbocycles. The lowest BCUT2D eigenvalue weighted by atomic mass is 9.95. The number of amides is 2. The second-order valence-corrected chi connectivity index (χ2v) is 9.07. The van der Waals surface area contributed by atoms with Crippen LogP contribution in [0.2, 0.25) is 0 Å². The molecule has 0 spiro atoms. The zero-order valence-corrected chi connectivity index (χ0v) is 18.5. The summed E-state index contributed by atoms with van der Waals surface area (Å²) in [7, 11) is 0. The van der Waals surface area contributed by atoms with Crippen molar-refractivity contribution in [2.75, 3.05) is 11.9 Å². The number of aryl methyl sites for hydroxylation is 1. The van der Waals surface area contributed by atoms with Crippen molar-refractivity contribution in [3.8, 4) is 5.75 Å². The zero-order valence-electron chi connectivity index (χ0n) is 16.1. The minimum atomic E-state index is -0.487. The van der Waals surface area contributed by atoms with Gasteiger partial charge in [0.2, 0.25) is 0 Å². The van der Waals surface area contributed by atoms with Crippen LogP contribution in [0.4, 0.5) is 5.00 Å². The average molecular weight is 465 g/mol. The molecule has 0 bridgehead atoms. The maximum atomic E-state index is 12.4. The van der Waals surface area contributed by atoms with Crippen LogP contribution in [0.5, 0.6) is 5.75 Å². The molecule has 0 radical (unpaired) electrons. The van der Waals surface area contributed by atoms with Crippen LogP contribution in [0.15, 0.2) is 22.7 Å². The normalized spacial score (nSPS) is 14.2. The third-order valence-corrected chi connectivity index (χ3v) is 6.99. The van der Waals surface area contributed by atoms with Gasteiger partial charge in [-0.1, -0.05) is 19.9 Å². The number of hydrogen-bond acceptors (Lipinski definition) is 4. The standard InChI is InChI=1S/C21H25BrN2O3S/c1-3-12(2)13-8-9-16(15(22)10-13)27-11-18(25)24-21-19(20(23)26)14-6-4-5-7-17(14)28-21/h8-10,12H,3-7,11H2,1-2H3,(H2,23,26)(H,24,25). The summed E-state index contributed by atoms with van der Waals surface area (Å²) >= 11 is 4.97. The molecule has 7 heteroatoms. The zero-order chi connectivity index (χ0) is 20.3. The summed E-state index contributed by atoms with van der Waals surface area (Å²) in [6.07, 6.45) is 4.97. The number of halogens is 1. The van der Waals surface area contributed by atoms with Gasteiger partial charge in [-0.2, -0.15) is 0 Å². The molecule has 1 aliphatic rings. The summed E-state index contributed by atoms with van der Waals surface area (Å²) in [6, 6.07) is 5.92. The van der Waals surface area contributed by atoms with Gasteiger partial charge in [-0.05, 0) is 77.2 Å². The maximum absolute atomic E-state index is 12.4. The van der Waals surface area contributed by atoms with E-state index in [-0.39, 0.29) is 12.5 Å². The first-order valence-electron chi connectivity index (χ1n) is 9.57. The topological polar surface area (TPSA) is 81.4 Å². The highest BCUT2D eigenvalue weighted by atomic mass is 79.9. The minimum absolute atomic E-state index is 0.137. The first kappa shape index (κ1) is 20.9. The lowest BCUT2D eigenvalue weighted by molar-refractivity contribution is -0.118. The summed E-state index contributed by atoms with van der Waals surface area (Å²) in [5.74, 6) is 0.284. The lowest BCUT2D eigenvalue weighted by Crippen LogP contribution is -2.22. The number of carbonyl (C=O) groups is 2. The Hall–Kier alpha value is -1.86. The Balaban J connectivity index is 1.67. The number of nitrogens with two attached hydrogens (primary N) is 1.